The first-order valence-electron chi connectivity index (χ1n) is 6.79. The van der Waals surface area contributed by atoms with Crippen LogP contribution in [0.5, 0.6) is 0 Å². The highest BCUT2D eigenvalue weighted by Crippen LogP contribution is 2.36. The third-order valence-electron chi connectivity index (χ3n) is 3.65. The van der Waals surface area contributed by atoms with Gasteiger partial charge >= 0.3 is 0 Å². The van der Waals surface area contributed by atoms with Gasteiger partial charge in [-0.05, 0) is 23.6 Å². The first kappa shape index (κ1) is 20.8. The zero-order valence-electron chi connectivity index (χ0n) is 12.1. The molecule has 0 aliphatic carbocycles. The number of piperazine rings is 1. The quantitative estimate of drug-likeness (QED) is 0.740. The SMILES string of the molecule is Cl.Cl.Fc1cc(Br)cc(F)c1[C@@H](c1cccs1)N1CCNCC1. The zero-order chi connectivity index (χ0) is 14.8. The van der Waals surface area contributed by atoms with Crippen LogP contribution in [-0.2, 0) is 0 Å². The van der Waals surface area contributed by atoms with Gasteiger partial charge in [-0.3, -0.25) is 4.90 Å². The van der Waals surface area contributed by atoms with Crippen LogP contribution in [0.4, 0.5) is 8.78 Å². The molecule has 23 heavy (non-hydrogen) atoms. The average molecular weight is 446 g/mol. The molecule has 0 radical (unpaired) electrons. The van der Waals surface area contributed by atoms with Crippen molar-refractivity contribution in [3.63, 3.8) is 0 Å². The first-order chi connectivity index (χ1) is 10.2. The third kappa shape index (κ3) is 4.65. The van der Waals surface area contributed by atoms with E-state index in [0.29, 0.717) is 4.47 Å². The van der Waals surface area contributed by atoms with E-state index in [9.17, 15) is 8.78 Å². The predicted octanol–water partition coefficient (Wildman–Crippen LogP) is 4.63. The summed E-state index contributed by atoms with van der Waals surface area (Å²) in [6.45, 7) is 3.22. The van der Waals surface area contributed by atoms with Crippen LogP contribution in [0.15, 0.2) is 34.1 Å². The second kappa shape index (κ2) is 9.30. The van der Waals surface area contributed by atoms with Gasteiger partial charge in [-0.25, -0.2) is 8.78 Å². The number of rotatable bonds is 3. The Bertz CT molecular complexity index is 599. The molecular formula is C15H17BrCl2F2N2S. The Labute approximate surface area is 159 Å². The van der Waals surface area contributed by atoms with Crippen LogP contribution in [0, 0.1) is 11.6 Å². The van der Waals surface area contributed by atoms with E-state index < -0.39 is 11.6 Å². The predicted molar refractivity (Wildman–Crippen MR) is 99.2 cm³/mol. The van der Waals surface area contributed by atoms with E-state index >= 15 is 0 Å². The molecule has 1 N–H and O–H groups in total. The summed E-state index contributed by atoms with van der Waals surface area (Å²) in [6, 6.07) is 6.17. The molecule has 0 amide bonds. The Balaban J connectivity index is 0.00000132. The van der Waals surface area contributed by atoms with E-state index in [-0.39, 0.29) is 36.4 Å². The highest BCUT2D eigenvalue weighted by Gasteiger charge is 2.29. The lowest BCUT2D eigenvalue weighted by atomic mass is 10.0. The second-order valence-electron chi connectivity index (χ2n) is 4.99. The number of thiophene rings is 1. The number of hydrogen-bond donors (Lipinski definition) is 1. The molecule has 1 aliphatic rings. The summed E-state index contributed by atoms with van der Waals surface area (Å²) in [5.41, 5.74) is 0.141. The molecule has 1 aromatic heterocycles. The maximum absolute atomic E-state index is 14.4. The second-order valence-corrected chi connectivity index (χ2v) is 6.88. The van der Waals surface area contributed by atoms with E-state index in [0.717, 1.165) is 31.1 Å². The number of nitrogens with one attached hydrogen (secondary N) is 1. The van der Waals surface area contributed by atoms with Crippen molar-refractivity contribution in [2.45, 2.75) is 6.04 Å². The van der Waals surface area contributed by atoms with Crippen LogP contribution >= 0.6 is 52.1 Å². The fraction of sp³-hybridized carbons (Fsp3) is 0.333. The monoisotopic (exact) mass is 444 g/mol. The van der Waals surface area contributed by atoms with Gasteiger partial charge in [-0.1, -0.05) is 22.0 Å². The summed E-state index contributed by atoms with van der Waals surface area (Å²) in [5, 5.41) is 5.22. The van der Waals surface area contributed by atoms with E-state index in [1.807, 2.05) is 17.5 Å². The van der Waals surface area contributed by atoms with Crippen molar-refractivity contribution < 1.29 is 8.78 Å². The van der Waals surface area contributed by atoms with Gasteiger partial charge in [-0.2, -0.15) is 0 Å². The number of hydrogen-bond acceptors (Lipinski definition) is 3. The Hall–Kier alpha value is -0.240. The Kier molecular flexibility index (Phi) is 8.41. The molecule has 1 aromatic carbocycles. The number of nitrogens with zero attached hydrogens (tertiary/aromatic N) is 1. The molecule has 0 saturated carbocycles. The molecule has 1 aliphatic heterocycles. The van der Waals surface area contributed by atoms with Gasteiger partial charge in [-0.15, -0.1) is 36.2 Å². The van der Waals surface area contributed by atoms with E-state index in [1.165, 1.54) is 23.5 Å². The molecule has 8 heteroatoms. The molecular weight excluding hydrogens is 429 g/mol. The maximum atomic E-state index is 14.4. The van der Waals surface area contributed by atoms with Gasteiger partial charge in [0.2, 0.25) is 0 Å². The van der Waals surface area contributed by atoms with Gasteiger partial charge in [0, 0.05) is 41.1 Å². The molecule has 2 aromatic rings. The summed E-state index contributed by atoms with van der Waals surface area (Å²) in [4.78, 5) is 3.11. The molecule has 1 saturated heterocycles. The fourth-order valence-corrected chi connectivity index (χ4v) is 3.98. The van der Waals surface area contributed by atoms with E-state index in [2.05, 4.69) is 26.1 Å². The lowest BCUT2D eigenvalue weighted by Gasteiger charge is -2.35. The molecule has 3 rings (SSSR count). The van der Waals surface area contributed by atoms with Gasteiger partial charge in [0.15, 0.2) is 0 Å². The van der Waals surface area contributed by atoms with Crippen molar-refractivity contribution in [3.8, 4) is 0 Å². The maximum Gasteiger partial charge on any atom is 0.132 e. The Morgan fingerprint density at radius 1 is 1.13 bits per heavy atom. The summed E-state index contributed by atoms with van der Waals surface area (Å²) in [5.74, 6) is -1.00. The molecule has 0 unspecified atom stereocenters. The molecule has 2 nitrogen and oxygen atoms in total. The fourth-order valence-electron chi connectivity index (χ4n) is 2.71. The van der Waals surface area contributed by atoms with Gasteiger partial charge in [0.25, 0.3) is 0 Å². The molecule has 0 spiro atoms. The highest BCUT2D eigenvalue weighted by atomic mass is 79.9. The standard InChI is InChI=1S/C15H15BrF2N2S.2ClH/c16-10-8-11(17)14(12(18)9-10)15(13-2-1-7-21-13)20-5-3-19-4-6-20;;/h1-2,7-9,15,19H,3-6H2;2*1H/t15-;;/m1../s1. The first-order valence-corrected chi connectivity index (χ1v) is 8.46. The van der Waals surface area contributed by atoms with Crippen molar-refractivity contribution in [2.24, 2.45) is 0 Å². The largest absolute Gasteiger partial charge is 0.314 e. The molecule has 1 atom stereocenters. The average Bonchev–Trinajstić information content (AvgIpc) is 2.97. The van der Waals surface area contributed by atoms with Crippen molar-refractivity contribution in [1.82, 2.24) is 10.2 Å². The third-order valence-corrected chi connectivity index (χ3v) is 5.03. The Morgan fingerprint density at radius 2 is 1.74 bits per heavy atom. The summed E-state index contributed by atoms with van der Waals surface area (Å²) in [7, 11) is 0. The number of halogens is 5. The molecule has 128 valence electrons. The highest BCUT2D eigenvalue weighted by molar-refractivity contribution is 9.10. The van der Waals surface area contributed by atoms with Crippen LogP contribution in [0.1, 0.15) is 16.5 Å². The molecule has 0 bridgehead atoms. The minimum Gasteiger partial charge on any atom is -0.314 e. The minimum atomic E-state index is -0.501. The molecule has 2 heterocycles. The van der Waals surface area contributed by atoms with Crippen LogP contribution in [0.3, 0.4) is 0 Å². The van der Waals surface area contributed by atoms with Crippen molar-refractivity contribution in [2.75, 3.05) is 26.2 Å². The van der Waals surface area contributed by atoms with Gasteiger partial charge in [0.05, 0.1) is 6.04 Å². The lowest BCUT2D eigenvalue weighted by molar-refractivity contribution is 0.194. The normalized spacial score (nSPS) is 16.3. The van der Waals surface area contributed by atoms with Crippen LogP contribution in [0.25, 0.3) is 0 Å². The van der Waals surface area contributed by atoms with Crippen LogP contribution in [0.2, 0.25) is 0 Å². The van der Waals surface area contributed by atoms with Gasteiger partial charge in [0.1, 0.15) is 11.6 Å². The van der Waals surface area contributed by atoms with Crippen molar-refractivity contribution in [3.05, 3.63) is 56.2 Å². The number of benzene rings is 1. The topological polar surface area (TPSA) is 15.3 Å². The van der Waals surface area contributed by atoms with E-state index in [1.54, 1.807) is 0 Å². The van der Waals surface area contributed by atoms with Crippen molar-refractivity contribution >= 4 is 52.1 Å². The smallest absolute Gasteiger partial charge is 0.132 e. The zero-order valence-corrected chi connectivity index (χ0v) is 16.1. The minimum absolute atomic E-state index is 0. The van der Waals surface area contributed by atoms with Crippen LogP contribution < -0.4 is 5.32 Å². The van der Waals surface area contributed by atoms with Crippen molar-refractivity contribution in [1.29, 1.82) is 0 Å². The Morgan fingerprint density at radius 3 is 2.26 bits per heavy atom. The van der Waals surface area contributed by atoms with Gasteiger partial charge < -0.3 is 5.32 Å². The summed E-state index contributed by atoms with van der Waals surface area (Å²) < 4.78 is 29.2. The van der Waals surface area contributed by atoms with Crippen LogP contribution in [-0.4, -0.2) is 31.1 Å². The summed E-state index contributed by atoms with van der Waals surface area (Å²) in [6.07, 6.45) is 0. The summed E-state index contributed by atoms with van der Waals surface area (Å²) >= 11 is 4.67. The molecule has 1 fully saturated rings. The lowest BCUT2D eigenvalue weighted by Crippen LogP contribution is -2.45. The van der Waals surface area contributed by atoms with E-state index in [4.69, 9.17) is 0 Å².